The molecule has 40 heavy (non-hydrogen) atoms. The van der Waals surface area contributed by atoms with Crippen LogP contribution in [0.5, 0.6) is 17.2 Å². The van der Waals surface area contributed by atoms with Crippen molar-refractivity contribution < 1.29 is 14.2 Å². The molecule has 0 spiro atoms. The van der Waals surface area contributed by atoms with Gasteiger partial charge in [0.2, 0.25) is 11.7 Å². The van der Waals surface area contributed by atoms with Crippen molar-refractivity contribution in [2.45, 2.75) is 19.8 Å². The zero-order chi connectivity index (χ0) is 28.1. The lowest BCUT2D eigenvalue weighted by Gasteiger charge is -2.24. The van der Waals surface area contributed by atoms with Crippen LogP contribution in [0, 0.1) is 0 Å². The normalized spacial score (nSPS) is 13.1. The number of anilines is 4. The molecule has 2 aromatic carbocycles. The Hall–Kier alpha value is -4.25. The van der Waals surface area contributed by atoms with Crippen LogP contribution in [-0.4, -0.2) is 80.6 Å². The molecule has 4 aromatic rings. The summed E-state index contributed by atoms with van der Waals surface area (Å²) in [6.07, 6.45) is 5.95. The van der Waals surface area contributed by atoms with Gasteiger partial charge in [-0.2, -0.15) is 4.98 Å². The van der Waals surface area contributed by atoms with Crippen molar-refractivity contribution in [3.8, 4) is 22.9 Å². The molecular formula is C29H38N8O3. The van der Waals surface area contributed by atoms with Gasteiger partial charge in [0, 0.05) is 55.9 Å². The van der Waals surface area contributed by atoms with Crippen LogP contribution in [0.15, 0.2) is 42.9 Å². The number of aromatic nitrogens is 4. The first-order chi connectivity index (χ1) is 19.6. The van der Waals surface area contributed by atoms with E-state index >= 15 is 0 Å². The molecule has 0 unspecified atom stereocenters. The zero-order valence-electron chi connectivity index (χ0n) is 23.9. The Morgan fingerprint density at radius 3 is 2.38 bits per heavy atom. The highest BCUT2D eigenvalue weighted by molar-refractivity contribution is 5.93. The van der Waals surface area contributed by atoms with Gasteiger partial charge in [0.15, 0.2) is 11.5 Å². The standard InChI is InChI=1S/C29H38N8O3/c1-6-35(14-11-30-2)20-9-10-22-23(15-20)32-29(36-12-7-8-13-36)34-28(22)33-26-18-37(19-31-26)21-16-24(38-3)27(40-5)25(17-21)39-4/h9-10,15-19,30H,6-8,11-14H2,1-5H3,(H,32,33,34). The van der Waals surface area contributed by atoms with E-state index in [9.17, 15) is 0 Å². The second kappa shape index (κ2) is 12.3. The van der Waals surface area contributed by atoms with Crippen LogP contribution in [0.25, 0.3) is 16.6 Å². The number of likely N-dealkylation sites (N-methyl/N-ethyl adjacent to an activating group) is 2. The summed E-state index contributed by atoms with van der Waals surface area (Å²) in [6, 6.07) is 10.2. The van der Waals surface area contributed by atoms with Crippen molar-refractivity contribution in [2.75, 3.05) is 76.2 Å². The Morgan fingerprint density at radius 1 is 0.975 bits per heavy atom. The molecule has 0 radical (unpaired) electrons. The molecule has 3 heterocycles. The monoisotopic (exact) mass is 546 g/mol. The summed E-state index contributed by atoms with van der Waals surface area (Å²) in [7, 11) is 6.77. The van der Waals surface area contributed by atoms with Crippen molar-refractivity contribution in [3.63, 3.8) is 0 Å². The van der Waals surface area contributed by atoms with Crippen LogP contribution in [0.4, 0.5) is 23.3 Å². The van der Waals surface area contributed by atoms with Crippen molar-refractivity contribution in [1.82, 2.24) is 24.8 Å². The van der Waals surface area contributed by atoms with Crippen molar-refractivity contribution >= 4 is 34.2 Å². The molecule has 5 rings (SSSR count). The zero-order valence-corrected chi connectivity index (χ0v) is 23.9. The Labute approximate surface area is 235 Å². The summed E-state index contributed by atoms with van der Waals surface area (Å²) >= 11 is 0. The topological polar surface area (TPSA) is 102 Å². The molecule has 11 heteroatoms. The van der Waals surface area contributed by atoms with E-state index in [2.05, 4.69) is 50.5 Å². The number of rotatable bonds is 12. The van der Waals surface area contributed by atoms with E-state index in [4.69, 9.17) is 24.2 Å². The summed E-state index contributed by atoms with van der Waals surface area (Å²) in [6.45, 7) is 6.85. The molecule has 1 saturated heterocycles. The lowest BCUT2D eigenvalue weighted by Crippen LogP contribution is -2.30. The number of fused-ring (bicyclic) bond motifs is 1. The molecule has 1 aliphatic heterocycles. The lowest BCUT2D eigenvalue weighted by atomic mass is 10.2. The average molecular weight is 547 g/mol. The quantitative estimate of drug-likeness (QED) is 0.268. The third kappa shape index (κ3) is 5.55. The molecule has 0 saturated carbocycles. The van der Waals surface area contributed by atoms with Gasteiger partial charge in [0.1, 0.15) is 18.0 Å². The summed E-state index contributed by atoms with van der Waals surface area (Å²) in [4.78, 5) is 19.2. The fraction of sp³-hybridized carbons (Fsp3) is 0.414. The molecule has 1 fully saturated rings. The number of methoxy groups -OCH3 is 3. The van der Waals surface area contributed by atoms with Gasteiger partial charge in [-0.05, 0) is 45.0 Å². The minimum absolute atomic E-state index is 0.543. The molecule has 212 valence electrons. The maximum atomic E-state index is 5.53. The first kappa shape index (κ1) is 27.3. The first-order valence-corrected chi connectivity index (χ1v) is 13.7. The summed E-state index contributed by atoms with van der Waals surface area (Å²) < 4.78 is 18.4. The van der Waals surface area contributed by atoms with Crippen molar-refractivity contribution in [1.29, 1.82) is 0 Å². The van der Waals surface area contributed by atoms with Gasteiger partial charge in [0.05, 0.1) is 38.7 Å². The predicted molar refractivity (Wildman–Crippen MR) is 159 cm³/mol. The molecule has 2 aromatic heterocycles. The maximum absolute atomic E-state index is 5.53. The molecule has 0 atom stereocenters. The molecule has 0 aliphatic carbocycles. The fourth-order valence-corrected chi connectivity index (χ4v) is 5.04. The highest BCUT2D eigenvalue weighted by atomic mass is 16.5. The Balaban J connectivity index is 1.50. The summed E-state index contributed by atoms with van der Waals surface area (Å²) in [5.74, 6) is 3.82. The highest BCUT2D eigenvalue weighted by Crippen LogP contribution is 2.39. The van der Waals surface area contributed by atoms with E-state index in [1.165, 1.54) is 0 Å². The van der Waals surface area contributed by atoms with E-state index in [-0.39, 0.29) is 0 Å². The number of nitrogens with one attached hydrogen (secondary N) is 2. The minimum atomic E-state index is 0.543. The second-order valence-corrected chi connectivity index (χ2v) is 9.63. The van der Waals surface area contributed by atoms with E-state index in [1.807, 2.05) is 29.9 Å². The van der Waals surface area contributed by atoms with Crippen LogP contribution >= 0.6 is 0 Å². The van der Waals surface area contributed by atoms with Gasteiger partial charge >= 0.3 is 0 Å². The average Bonchev–Trinajstić information content (AvgIpc) is 3.69. The molecule has 2 N–H and O–H groups in total. The molecule has 0 amide bonds. The third-order valence-corrected chi connectivity index (χ3v) is 7.21. The van der Waals surface area contributed by atoms with E-state index in [1.54, 1.807) is 27.7 Å². The lowest BCUT2D eigenvalue weighted by molar-refractivity contribution is 0.324. The van der Waals surface area contributed by atoms with E-state index < -0.39 is 0 Å². The maximum Gasteiger partial charge on any atom is 0.227 e. The number of ether oxygens (including phenoxy) is 3. The van der Waals surface area contributed by atoms with Crippen LogP contribution in [0.1, 0.15) is 19.8 Å². The number of hydrogen-bond donors (Lipinski definition) is 2. The second-order valence-electron chi connectivity index (χ2n) is 9.63. The Bertz CT molecular complexity index is 1430. The van der Waals surface area contributed by atoms with E-state index in [0.29, 0.717) is 23.1 Å². The minimum Gasteiger partial charge on any atom is -0.493 e. The van der Waals surface area contributed by atoms with Crippen molar-refractivity contribution in [2.24, 2.45) is 0 Å². The van der Waals surface area contributed by atoms with Crippen molar-refractivity contribution in [3.05, 3.63) is 42.9 Å². The SMILES string of the molecule is CCN(CCNC)c1ccc2c(Nc3cn(-c4cc(OC)c(OC)c(OC)c4)cn3)nc(N3CCCC3)nc2c1. The fourth-order valence-electron chi connectivity index (χ4n) is 5.04. The van der Waals surface area contributed by atoms with Gasteiger partial charge in [0.25, 0.3) is 0 Å². The van der Waals surface area contributed by atoms with Crippen LogP contribution in [0.3, 0.4) is 0 Å². The first-order valence-electron chi connectivity index (χ1n) is 13.7. The molecule has 11 nitrogen and oxygen atoms in total. The van der Waals surface area contributed by atoms with Crippen LogP contribution in [0.2, 0.25) is 0 Å². The smallest absolute Gasteiger partial charge is 0.227 e. The largest absolute Gasteiger partial charge is 0.493 e. The summed E-state index contributed by atoms with van der Waals surface area (Å²) in [5.41, 5.74) is 2.88. The Kier molecular flexibility index (Phi) is 8.40. The molecule has 1 aliphatic rings. The molecular weight excluding hydrogens is 508 g/mol. The summed E-state index contributed by atoms with van der Waals surface area (Å²) in [5, 5.41) is 7.64. The number of nitrogens with zero attached hydrogens (tertiary/aromatic N) is 6. The highest BCUT2D eigenvalue weighted by Gasteiger charge is 2.19. The van der Waals surface area contributed by atoms with Crippen LogP contribution < -0.4 is 34.6 Å². The van der Waals surface area contributed by atoms with Crippen LogP contribution in [-0.2, 0) is 0 Å². The van der Waals surface area contributed by atoms with E-state index in [0.717, 1.165) is 79.6 Å². The number of benzene rings is 2. The number of hydrogen-bond acceptors (Lipinski definition) is 10. The van der Waals surface area contributed by atoms with Gasteiger partial charge in [-0.3, -0.25) is 0 Å². The molecule has 0 bridgehead atoms. The number of imidazole rings is 1. The third-order valence-electron chi connectivity index (χ3n) is 7.21. The van der Waals surface area contributed by atoms with Gasteiger partial charge in [-0.15, -0.1) is 0 Å². The van der Waals surface area contributed by atoms with Gasteiger partial charge in [-0.25, -0.2) is 9.97 Å². The van der Waals surface area contributed by atoms with Gasteiger partial charge < -0.3 is 39.2 Å². The predicted octanol–water partition coefficient (Wildman–Crippen LogP) is 4.23. The Morgan fingerprint density at radius 2 is 1.73 bits per heavy atom. The van der Waals surface area contributed by atoms with Gasteiger partial charge in [-0.1, -0.05) is 0 Å².